The van der Waals surface area contributed by atoms with Crippen molar-refractivity contribution >= 4 is 22.3 Å². The molecular weight excluding hydrogens is 363 g/mol. The molecule has 0 amide bonds. The summed E-state index contributed by atoms with van der Waals surface area (Å²) >= 11 is 0. The first-order valence-electron chi connectivity index (χ1n) is 9.03. The zero-order valence-corrected chi connectivity index (χ0v) is 15.2. The molecule has 2 unspecified atom stereocenters. The van der Waals surface area contributed by atoms with E-state index in [0.29, 0.717) is 0 Å². The molecule has 1 aliphatic carbocycles. The van der Waals surface area contributed by atoms with Crippen LogP contribution in [0.5, 0.6) is 0 Å². The van der Waals surface area contributed by atoms with Crippen LogP contribution in [0.3, 0.4) is 0 Å². The molecule has 142 valence electrons. The first-order valence-corrected chi connectivity index (χ1v) is 9.03. The second-order valence-electron chi connectivity index (χ2n) is 7.32. The van der Waals surface area contributed by atoms with E-state index in [9.17, 15) is 18.0 Å². The molecule has 4 rings (SSSR count). The number of rotatable bonds is 2. The van der Waals surface area contributed by atoms with Gasteiger partial charge in [0.25, 0.3) is 0 Å². The number of halogens is 3. The van der Waals surface area contributed by atoms with Crippen molar-refractivity contribution in [1.82, 2.24) is 0 Å². The zero-order chi connectivity index (χ0) is 20.1. The van der Waals surface area contributed by atoms with Crippen LogP contribution in [0.1, 0.15) is 40.5 Å². The summed E-state index contributed by atoms with van der Waals surface area (Å²) in [6.07, 6.45) is -4.25. The minimum Gasteiger partial charge on any atom is -0.309 e. The number of ketones is 1. The van der Waals surface area contributed by atoms with Crippen molar-refractivity contribution in [3.63, 3.8) is 0 Å². The summed E-state index contributed by atoms with van der Waals surface area (Å²) in [5.74, 6) is -1.65. The lowest BCUT2D eigenvalue weighted by Crippen LogP contribution is -2.16. The monoisotopic (exact) mass is 381 g/mol. The Morgan fingerprint density at radius 1 is 1.00 bits per heavy atom. The Labute approximate surface area is 160 Å². The van der Waals surface area contributed by atoms with E-state index in [1.807, 2.05) is 43.3 Å². The Kier molecular flexibility index (Phi) is 4.33. The topological polar surface area (TPSA) is 40.9 Å². The second kappa shape index (κ2) is 6.59. The van der Waals surface area contributed by atoms with Crippen molar-refractivity contribution in [2.45, 2.75) is 31.4 Å². The third-order valence-corrected chi connectivity index (χ3v) is 5.36. The summed E-state index contributed by atoms with van der Waals surface area (Å²) < 4.78 is 39.2. The number of Topliss-reactive ketones (excluding diaryl/α,β-unsaturated/α-hetero) is 1. The molecule has 0 aliphatic heterocycles. The van der Waals surface area contributed by atoms with Crippen LogP contribution in [0, 0.1) is 12.3 Å². The predicted molar refractivity (Wildman–Crippen MR) is 103 cm³/mol. The molecule has 0 radical (unpaired) electrons. The van der Waals surface area contributed by atoms with Gasteiger partial charge in [0.2, 0.25) is 0 Å². The molecule has 1 aliphatic rings. The van der Waals surface area contributed by atoms with E-state index in [0.717, 1.165) is 34.0 Å². The Morgan fingerprint density at radius 2 is 1.75 bits per heavy atom. The maximum Gasteiger partial charge on any atom is 0.416 e. The van der Waals surface area contributed by atoms with Crippen molar-refractivity contribution in [1.29, 1.82) is 5.41 Å². The van der Waals surface area contributed by atoms with E-state index in [1.165, 1.54) is 12.1 Å². The lowest BCUT2D eigenvalue weighted by molar-refractivity contribution is -0.137. The van der Waals surface area contributed by atoms with E-state index in [4.69, 9.17) is 5.41 Å². The van der Waals surface area contributed by atoms with Crippen molar-refractivity contribution in [2.24, 2.45) is 0 Å². The zero-order valence-electron chi connectivity index (χ0n) is 15.2. The van der Waals surface area contributed by atoms with Crippen LogP contribution < -0.4 is 0 Å². The van der Waals surface area contributed by atoms with Gasteiger partial charge < -0.3 is 5.41 Å². The highest BCUT2D eigenvalue weighted by molar-refractivity contribution is 6.18. The van der Waals surface area contributed by atoms with Gasteiger partial charge in [0.15, 0.2) is 5.78 Å². The number of nitrogens with one attached hydrogen (secondary N) is 1. The fraction of sp³-hybridized carbons (Fsp3) is 0.217. The number of benzene rings is 3. The highest BCUT2D eigenvalue weighted by Gasteiger charge is 2.41. The van der Waals surface area contributed by atoms with Crippen LogP contribution in [0.4, 0.5) is 13.2 Å². The summed E-state index contributed by atoms with van der Waals surface area (Å²) in [4.78, 5) is 13.2. The molecule has 0 aromatic heterocycles. The molecular formula is C23H18F3NO. The van der Waals surface area contributed by atoms with Gasteiger partial charge in [0, 0.05) is 11.6 Å². The normalized spacial score (nSPS) is 20.1. The van der Waals surface area contributed by atoms with E-state index in [1.54, 1.807) is 0 Å². The standard InChI is InChI=1S/C23H18F3NO/c1-13-9-14-5-2-3-8-17(14)18(10-13)19-12-20(27)21(22(19)28)15-6-4-7-16(11-15)23(24,25)26/h2-11,19,21,27H,12H2,1H3. The number of aryl methyl sites for hydroxylation is 1. The first kappa shape index (κ1) is 18.4. The number of carbonyl (C=O) groups is 1. The van der Waals surface area contributed by atoms with Gasteiger partial charge in [0.05, 0.1) is 11.5 Å². The van der Waals surface area contributed by atoms with Crippen LogP contribution in [0.25, 0.3) is 10.8 Å². The quantitative estimate of drug-likeness (QED) is 0.579. The Hall–Kier alpha value is -2.95. The van der Waals surface area contributed by atoms with Crippen molar-refractivity contribution < 1.29 is 18.0 Å². The molecule has 0 spiro atoms. The van der Waals surface area contributed by atoms with Crippen LogP contribution in [-0.2, 0) is 11.0 Å². The summed E-state index contributed by atoms with van der Waals surface area (Å²) in [5, 5.41) is 10.3. The largest absolute Gasteiger partial charge is 0.416 e. The van der Waals surface area contributed by atoms with Gasteiger partial charge in [-0.3, -0.25) is 4.79 Å². The highest BCUT2D eigenvalue weighted by atomic mass is 19.4. The summed E-state index contributed by atoms with van der Waals surface area (Å²) in [6, 6.07) is 16.5. The van der Waals surface area contributed by atoms with E-state index >= 15 is 0 Å². The van der Waals surface area contributed by atoms with Gasteiger partial charge in [0.1, 0.15) is 0 Å². The number of alkyl halides is 3. The number of hydrogen-bond acceptors (Lipinski definition) is 2. The minimum atomic E-state index is -4.48. The van der Waals surface area contributed by atoms with E-state index < -0.39 is 23.6 Å². The van der Waals surface area contributed by atoms with Crippen LogP contribution in [-0.4, -0.2) is 11.5 Å². The van der Waals surface area contributed by atoms with Crippen LogP contribution in [0.15, 0.2) is 60.7 Å². The van der Waals surface area contributed by atoms with Gasteiger partial charge in [-0.25, -0.2) is 0 Å². The average molecular weight is 381 g/mol. The molecule has 2 nitrogen and oxygen atoms in total. The lowest BCUT2D eigenvalue weighted by Gasteiger charge is -2.15. The van der Waals surface area contributed by atoms with Gasteiger partial charge in [-0.1, -0.05) is 60.2 Å². The van der Waals surface area contributed by atoms with Gasteiger partial charge in [-0.15, -0.1) is 0 Å². The van der Waals surface area contributed by atoms with Crippen molar-refractivity contribution in [3.05, 3.63) is 82.9 Å². The Morgan fingerprint density at radius 3 is 2.50 bits per heavy atom. The molecule has 1 N–H and O–H groups in total. The number of carbonyl (C=O) groups excluding carboxylic acids is 1. The Balaban J connectivity index is 1.77. The third kappa shape index (κ3) is 3.11. The van der Waals surface area contributed by atoms with Crippen LogP contribution >= 0.6 is 0 Å². The molecule has 5 heteroatoms. The fourth-order valence-corrected chi connectivity index (χ4v) is 4.12. The molecule has 0 heterocycles. The first-order chi connectivity index (χ1) is 13.3. The average Bonchev–Trinajstić information content (AvgIpc) is 2.94. The molecule has 1 saturated carbocycles. The van der Waals surface area contributed by atoms with Gasteiger partial charge in [-0.2, -0.15) is 13.2 Å². The molecule has 3 aromatic rings. The molecule has 28 heavy (non-hydrogen) atoms. The number of fused-ring (bicyclic) bond motifs is 1. The molecule has 2 atom stereocenters. The second-order valence-corrected chi connectivity index (χ2v) is 7.32. The molecule has 0 bridgehead atoms. The maximum absolute atomic E-state index is 13.2. The molecule has 1 fully saturated rings. The summed E-state index contributed by atoms with van der Waals surface area (Å²) in [6.45, 7) is 1.95. The molecule has 0 saturated heterocycles. The SMILES string of the molecule is Cc1cc(C2CC(=N)C(c3cccc(C(F)(F)F)c3)C2=O)c2ccccc2c1. The number of hydrogen-bond donors (Lipinski definition) is 1. The van der Waals surface area contributed by atoms with Crippen molar-refractivity contribution in [3.8, 4) is 0 Å². The van der Waals surface area contributed by atoms with Crippen molar-refractivity contribution in [2.75, 3.05) is 0 Å². The summed E-state index contributed by atoms with van der Waals surface area (Å²) in [5.41, 5.74) is 1.47. The lowest BCUT2D eigenvalue weighted by atomic mass is 9.87. The molecule has 3 aromatic carbocycles. The minimum absolute atomic E-state index is 0.167. The van der Waals surface area contributed by atoms with Gasteiger partial charge >= 0.3 is 6.18 Å². The fourth-order valence-electron chi connectivity index (χ4n) is 4.12. The smallest absolute Gasteiger partial charge is 0.309 e. The van der Waals surface area contributed by atoms with Gasteiger partial charge in [-0.05, 0) is 41.3 Å². The third-order valence-electron chi connectivity index (χ3n) is 5.36. The highest BCUT2D eigenvalue weighted by Crippen LogP contribution is 2.42. The predicted octanol–water partition coefficient (Wildman–Crippen LogP) is 6.03. The van der Waals surface area contributed by atoms with Crippen LogP contribution in [0.2, 0.25) is 0 Å². The Bertz CT molecular complexity index is 1100. The summed E-state index contributed by atoms with van der Waals surface area (Å²) in [7, 11) is 0. The maximum atomic E-state index is 13.2. The van der Waals surface area contributed by atoms with E-state index in [2.05, 4.69) is 0 Å². The van der Waals surface area contributed by atoms with E-state index in [-0.39, 0.29) is 23.5 Å².